The van der Waals surface area contributed by atoms with Crippen LogP contribution >= 0.6 is 0 Å². The van der Waals surface area contributed by atoms with Gasteiger partial charge in [0, 0.05) is 37.0 Å². The molecule has 166 valence electrons. The normalized spacial score (nSPS) is 19.5. The van der Waals surface area contributed by atoms with Crippen LogP contribution in [0.5, 0.6) is 0 Å². The number of alkyl halides is 3. The molecule has 1 aliphatic rings. The molecule has 0 bridgehead atoms. The van der Waals surface area contributed by atoms with E-state index in [0.29, 0.717) is 48.7 Å². The number of halogens is 3. The number of pyridine rings is 1. The summed E-state index contributed by atoms with van der Waals surface area (Å²) >= 11 is 0. The fraction of sp³-hybridized carbons (Fsp3) is 0.478. The van der Waals surface area contributed by atoms with Gasteiger partial charge in [-0.05, 0) is 57.9 Å². The quantitative estimate of drug-likeness (QED) is 0.481. The van der Waals surface area contributed by atoms with Gasteiger partial charge < -0.3 is 14.2 Å². The maximum absolute atomic E-state index is 13.6. The van der Waals surface area contributed by atoms with E-state index < -0.39 is 11.7 Å². The number of hydrogen-bond acceptors (Lipinski definition) is 4. The number of anilines is 1. The second-order valence-electron chi connectivity index (χ2n) is 8.04. The van der Waals surface area contributed by atoms with Crippen LogP contribution in [0.4, 0.5) is 19.0 Å². The minimum absolute atomic E-state index is 0.0487. The van der Waals surface area contributed by atoms with Crippen molar-refractivity contribution in [3.63, 3.8) is 0 Å². The summed E-state index contributed by atoms with van der Waals surface area (Å²) in [5, 5.41) is 0. The van der Waals surface area contributed by atoms with Gasteiger partial charge >= 0.3 is 6.18 Å². The molecule has 0 unspecified atom stereocenters. The van der Waals surface area contributed by atoms with Crippen LogP contribution in [0.2, 0.25) is 0 Å². The predicted molar refractivity (Wildman–Crippen MR) is 115 cm³/mol. The summed E-state index contributed by atoms with van der Waals surface area (Å²) in [6.45, 7) is 7.59. The van der Waals surface area contributed by atoms with E-state index in [9.17, 15) is 13.2 Å². The van der Waals surface area contributed by atoms with E-state index in [1.54, 1.807) is 16.8 Å². The first kappa shape index (κ1) is 21.6. The zero-order chi connectivity index (χ0) is 22.2. The molecule has 0 radical (unpaired) electrons. The average molecular weight is 432 g/mol. The van der Waals surface area contributed by atoms with Crippen molar-refractivity contribution in [1.29, 1.82) is 0 Å². The van der Waals surface area contributed by atoms with E-state index >= 15 is 0 Å². The third-order valence-corrected chi connectivity index (χ3v) is 5.97. The lowest BCUT2D eigenvalue weighted by Gasteiger charge is -2.27. The second kappa shape index (κ2) is 8.49. The van der Waals surface area contributed by atoms with E-state index in [1.165, 1.54) is 6.07 Å². The topological polar surface area (TPSA) is 43.2 Å². The first-order valence-electron chi connectivity index (χ1n) is 10.7. The van der Waals surface area contributed by atoms with Crippen LogP contribution in [0.3, 0.4) is 0 Å². The molecule has 0 aliphatic carbocycles. The fourth-order valence-electron chi connectivity index (χ4n) is 4.44. The molecule has 31 heavy (non-hydrogen) atoms. The monoisotopic (exact) mass is 432 g/mol. The van der Waals surface area contributed by atoms with Gasteiger partial charge in [0.15, 0.2) is 0 Å². The highest BCUT2D eigenvalue weighted by molar-refractivity contribution is 5.84. The third-order valence-electron chi connectivity index (χ3n) is 5.97. The highest BCUT2D eigenvalue weighted by Gasteiger charge is 2.34. The Kier molecular flexibility index (Phi) is 5.92. The SMILES string of the molecule is CCOCCn1c(-c2ccc(N3[C@@H](C)CC[C@@H]3C)nc2)nc2c(C(F)(F)F)cccc21. The molecule has 5 nitrogen and oxygen atoms in total. The van der Waals surface area contributed by atoms with Crippen molar-refractivity contribution < 1.29 is 17.9 Å². The van der Waals surface area contributed by atoms with Crippen molar-refractivity contribution in [2.45, 2.75) is 58.4 Å². The molecule has 3 aromatic rings. The molecular weight excluding hydrogens is 405 g/mol. The summed E-state index contributed by atoms with van der Waals surface area (Å²) < 4.78 is 48.0. The zero-order valence-electron chi connectivity index (χ0n) is 18.0. The summed E-state index contributed by atoms with van der Waals surface area (Å²) in [6.07, 6.45) is -0.519. The summed E-state index contributed by atoms with van der Waals surface area (Å²) in [5.74, 6) is 1.35. The van der Waals surface area contributed by atoms with Gasteiger partial charge in [-0.2, -0.15) is 13.2 Å². The van der Waals surface area contributed by atoms with Crippen LogP contribution in [0.15, 0.2) is 36.5 Å². The largest absolute Gasteiger partial charge is 0.418 e. The van der Waals surface area contributed by atoms with Gasteiger partial charge in [0.05, 0.1) is 17.7 Å². The summed E-state index contributed by atoms with van der Waals surface area (Å²) in [6, 6.07) is 8.82. The maximum atomic E-state index is 13.6. The van der Waals surface area contributed by atoms with Crippen molar-refractivity contribution in [1.82, 2.24) is 14.5 Å². The molecule has 0 N–H and O–H groups in total. The Hall–Kier alpha value is -2.61. The standard InChI is InChI=1S/C23H27F3N4O/c1-4-31-13-12-29-19-7-5-6-18(23(24,25)26)21(19)28-22(29)17-10-11-20(27-14-17)30-15(2)8-9-16(30)3/h5-7,10-11,14-16H,4,8-9,12-13H2,1-3H3/t15-,16-/m0/s1. The van der Waals surface area contributed by atoms with E-state index in [1.807, 2.05) is 19.1 Å². The summed E-state index contributed by atoms with van der Waals surface area (Å²) in [4.78, 5) is 11.4. The van der Waals surface area contributed by atoms with Gasteiger partial charge in [-0.3, -0.25) is 0 Å². The maximum Gasteiger partial charge on any atom is 0.418 e. The molecule has 3 heterocycles. The number of rotatable bonds is 6. The van der Waals surface area contributed by atoms with Gasteiger partial charge in [-0.15, -0.1) is 0 Å². The van der Waals surface area contributed by atoms with E-state index in [-0.39, 0.29) is 5.52 Å². The van der Waals surface area contributed by atoms with Crippen molar-refractivity contribution in [3.05, 3.63) is 42.1 Å². The summed E-state index contributed by atoms with van der Waals surface area (Å²) in [7, 11) is 0. The Morgan fingerprint density at radius 3 is 2.45 bits per heavy atom. The second-order valence-corrected chi connectivity index (χ2v) is 8.04. The van der Waals surface area contributed by atoms with Crippen LogP contribution < -0.4 is 4.90 Å². The van der Waals surface area contributed by atoms with Crippen LogP contribution in [-0.2, 0) is 17.5 Å². The van der Waals surface area contributed by atoms with E-state index in [2.05, 4.69) is 28.7 Å². The Balaban J connectivity index is 1.77. The third kappa shape index (κ3) is 4.13. The van der Waals surface area contributed by atoms with Crippen LogP contribution in [-0.4, -0.2) is 39.8 Å². The highest BCUT2D eigenvalue weighted by Crippen LogP contribution is 2.36. The number of fused-ring (bicyclic) bond motifs is 1. The number of ether oxygens (including phenoxy) is 1. The lowest BCUT2D eigenvalue weighted by Crippen LogP contribution is -2.33. The number of aromatic nitrogens is 3. The Morgan fingerprint density at radius 1 is 1.10 bits per heavy atom. The molecule has 1 fully saturated rings. The van der Waals surface area contributed by atoms with Crippen molar-refractivity contribution in [3.8, 4) is 11.4 Å². The van der Waals surface area contributed by atoms with E-state index in [0.717, 1.165) is 24.7 Å². The van der Waals surface area contributed by atoms with Gasteiger partial charge in [-0.25, -0.2) is 9.97 Å². The smallest absolute Gasteiger partial charge is 0.380 e. The molecule has 0 spiro atoms. The molecule has 2 aromatic heterocycles. The fourth-order valence-corrected chi connectivity index (χ4v) is 4.44. The molecule has 1 aliphatic heterocycles. The summed E-state index contributed by atoms with van der Waals surface area (Å²) in [5.41, 5.74) is 0.345. The molecule has 1 saturated heterocycles. The number of para-hydroxylation sites is 1. The highest BCUT2D eigenvalue weighted by atomic mass is 19.4. The number of hydrogen-bond donors (Lipinski definition) is 0. The Bertz CT molecular complexity index is 1040. The minimum Gasteiger partial charge on any atom is -0.380 e. The van der Waals surface area contributed by atoms with Gasteiger partial charge in [-0.1, -0.05) is 6.07 Å². The van der Waals surface area contributed by atoms with E-state index in [4.69, 9.17) is 4.74 Å². The number of benzene rings is 1. The van der Waals surface area contributed by atoms with Gasteiger partial charge in [0.2, 0.25) is 0 Å². The molecule has 0 amide bonds. The van der Waals surface area contributed by atoms with Gasteiger partial charge in [0.25, 0.3) is 0 Å². The lowest BCUT2D eigenvalue weighted by atomic mass is 10.2. The van der Waals surface area contributed by atoms with Crippen molar-refractivity contribution in [2.75, 3.05) is 18.1 Å². The zero-order valence-corrected chi connectivity index (χ0v) is 18.0. The Labute approximate surface area is 179 Å². The van der Waals surface area contributed by atoms with Crippen molar-refractivity contribution >= 4 is 16.9 Å². The van der Waals surface area contributed by atoms with Crippen LogP contribution in [0, 0.1) is 0 Å². The number of imidazole rings is 1. The minimum atomic E-state index is -4.47. The van der Waals surface area contributed by atoms with Gasteiger partial charge in [0.1, 0.15) is 17.2 Å². The van der Waals surface area contributed by atoms with Crippen LogP contribution in [0.25, 0.3) is 22.4 Å². The van der Waals surface area contributed by atoms with Crippen LogP contribution in [0.1, 0.15) is 39.2 Å². The Morgan fingerprint density at radius 2 is 1.84 bits per heavy atom. The first-order chi connectivity index (χ1) is 14.8. The predicted octanol–water partition coefficient (Wildman–Crippen LogP) is 5.53. The molecule has 4 rings (SSSR count). The van der Waals surface area contributed by atoms with Crippen molar-refractivity contribution in [2.24, 2.45) is 0 Å². The lowest BCUT2D eigenvalue weighted by molar-refractivity contribution is -0.136. The average Bonchev–Trinajstić information content (AvgIpc) is 3.27. The molecule has 1 aromatic carbocycles. The number of nitrogens with zero attached hydrogens (tertiary/aromatic N) is 4. The first-order valence-corrected chi connectivity index (χ1v) is 10.7. The molecule has 0 saturated carbocycles. The molecule has 2 atom stereocenters. The molecule has 8 heteroatoms. The molecular formula is C23H27F3N4O.